The maximum atomic E-state index is 13.4. The third-order valence-electron chi connectivity index (χ3n) is 2.98. The maximum absolute atomic E-state index is 13.4. The van der Waals surface area contributed by atoms with Crippen LogP contribution in [0.25, 0.3) is 0 Å². The highest BCUT2D eigenvalue weighted by Crippen LogP contribution is 2.22. The van der Waals surface area contributed by atoms with Gasteiger partial charge in [0, 0.05) is 17.1 Å². The number of benzene rings is 2. The average Bonchev–Trinajstić information content (AvgIpc) is 2.40. The third kappa shape index (κ3) is 3.88. The Hall–Kier alpha value is -0.710. The Morgan fingerprint density at radius 3 is 2.63 bits per heavy atom. The number of halogens is 3. The van der Waals surface area contributed by atoms with E-state index in [2.05, 4.69) is 56.2 Å². The van der Waals surface area contributed by atoms with Crippen LogP contribution in [-0.4, -0.2) is 0 Å². The summed E-state index contributed by atoms with van der Waals surface area (Å²) in [4.78, 5) is 0. The second kappa shape index (κ2) is 6.64. The molecule has 100 valence electrons. The van der Waals surface area contributed by atoms with Gasteiger partial charge in [0.25, 0.3) is 0 Å². The van der Waals surface area contributed by atoms with Crippen molar-refractivity contribution in [3.63, 3.8) is 0 Å². The van der Waals surface area contributed by atoms with Crippen LogP contribution in [0.5, 0.6) is 0 Å². The molecular formula is C15H14Br2FN. The van der Waals surface area contributed by atoms with Gasteiger partial charge in [-0.3, -0.25) is 0 Å². The summed E-state index contributed by atoms with van der Waals surface area (Å²) >= 11 is 6.74. The zero-order valence-corrected chi connectivity index (χ0v) is 13.6. The van der Waals surface area contributed by atoms with Crippen LogP contribution >= 0.6 is 31.9 Å². The van der Waals surface area contributed by atoms with Crippen molar-refractivity contribution in [3.8, 4) is 0 Å². The van der Waals surface area contributed by atoms with Gasteiger partial charge in [-0.1, -0.05) is 40.2 Å². The van der Waals surface area contributed by atoms with E-state index in [9.17, 15) is 4.39 Å². The molecule has 0 aromatic heterocycles. The van der Waals surface area contributed by atoms with E-state index in [1.807, 2.05) is 18.2 Å². The van der Waals surface area contributed by atoms with Gasteiger partial charge in [-0.25, -0.2) is 4.39 Å². The molecule has 1 nitrogen and oxygen atoms in total. The lowest BCUT2D eigenvalue weighted by Crippen LogP contribution is -2.18. The Balaban J connectivity index is 2.04. The summed E-state index contributed by atoms with van der Waals surface area (Å²) in [6.07, 6.45) is 0. The van der Waals surface area contributed by atoms with Crippen LogP contribution in [0.15, 0.2) is 51.4 Å². The summed E-state index contributed by atoms with van der Waals surface area (Å²) in [7, 11) is 0. The molecule has 19 heavy (non-hydrogen) atoms. The van der Waals surface area contributed by atoms with Crippen LogP contribution in [0, 0.1) is 5.82 Å². The molecule has 0 spiro atoms. The zero-order chi connectivity index (χ0) is 13.8. The number of rotatable bonds is 4. The van der Waals surface area contributed by atoms with E-state index < -0.39 is 0 Å². The minimum absolute atomic E-state index is 0.202. The van der Waals surface area contributed by atoms with Gasteiger partial charge in [0.15, 0.2) is 0 Å². The van der Waals surface area contributed by atoms with Crippen molar-refractivity contribution in [3.05, 3.63) is 68.4 Å². The van der Waals surface area contributed by atoms with Crippen molar-refractivity contribution >= 4 is 31.9 Å². The highest BCUT2D eigenvalue weighted by Gasteiger charge is 2.08. The smallest absolute Gasteiger partial charge is 0.137 e. The van der Waals surface area contributed by atoms with E-state index in [4.69, 9.17) is 0 Å². The highest BCUT2D eigenvalue weighted by molar-refractivity contribution is 9.10. The van der Waals surface area contributed by atoms with Crippen LogP contribution in [0.3, 0.4) is 0 Å². The predicted octanol–water partition coefficient (Wildman–Crippen LogP) is 5.20. The van der Waals surface area contributed by atoms with Gasteiger partial charge in [0.05, 0.1) is 4.47 Å². The molecule has 4 heteroatoms. The molecule has 0 saturated heterocycles. The Bertz CT molecular complexity index is 572. The lowest BCUT2D eigenvalue weighted by Gasteiger charge is -2.15. The molecule has 2 aromatic rings. The van der Waals surface area contributed by atoms with Crippen molar-refractivity contribution in [1.29, 1.82) is 0 Å². The Morgan fingerprint density at radius 2 is 1.89 bits per heavy atom. The van der Waals surface area contributed by atoms with Gasteiger partial charge in [-0.2, -0.15) is 0 Å². The summed E-state index contributed by atoms with van der Waals surface area (Å²) in [5, 5.41) is 3.39. The number of hydrogen-bond acceptors (Lipinski definition) is 1. The lowest BCUT2D eigenvalue weighted by molar-refractivity contribution is 0.566. The van der Waals surface area contributed by atoms with Crippen LogP contribution in [0.4, 0.5) is 4.39 Å². The number of hydrogen-bond donors (Lipinski definition) is 1. The molecule has 0 saturated carbocycles. The van der Waals surface area contributed by atoms with Gasteiger partial charge in [0.2, 0.25) is 0 Å². The van der Waals surface area contributed by atoms with E-state index >= 15 is 0 Å². The average molecular weight is 387 g/mol. The first kappa shape index (κ1) is 14.7. The predicted molar refractivity (Wildman–Crippen MR) is 83.5 cm³/mol. The molecule has 1 atom stereocenters. The highest BCUT2D eigenvalue weighted by atomic mass is 79.9. The topological polar surface area (TPSA) is 12.0 Å². The second-order valence-electron chi connectivity index (χ2n) is 4.37. The van der Waals surface area contributed by atoms with Gasteiger partial charge in [0.1, 0.15) is 5.82 Å². The summed E-state index contributed by atoms with van der Waals surface area (Å²) in [6.45, 7) is 2.71. The van der Waals surface area contributed by atoms with Crippen molar-refractivity contribution in [2.24, 2.45) is 0 Å². The van der Waals surface area contributed by atoms with Crippen molar-refractivity contribution in [2.45, 2.75) is 19.5 Å². The Morgan fingerprint density at radius 1 is 1.16 bits per heavy atom. The molecule has 0 aliphatic rings. The first-order valence-electron chi connectivity index (χ1n) is 5.99. The van der Waals surface area contributed by atoms with Crippen molar-refractivity contribution < 1.29 is 4.39 Å². The first-order valence-corrected chi connectivity index (χ1v) is 7.58. The summed E-state index contributed by atoms with van der Waals surface area (Å²) < 4.78 is 15.0. The minimum atomic E-state index is -0.227. The minimum Gasteiger partial charge on any atom is -0.306 e. The fourth-order valence-corrected chi connectivity index (χ4v) is 2.66. The molecule has 0 heterocycles. The molecule has 0 fully saturated rings. The molecule has 2 aromatic carbocycles. The molecular weight excluding hydrogens is 373 g/mol. The SMILES string of the molecule is CC(NCc1cccc(F)c1Br)c1cccc(Br)c1. The van der Waals surface area contributed by atoms with E-state index in [1.54, 1.807) is 6.07 Å². The van der Waals surface area contributed by atoms with Gasteiger partial charge >= 0.3 is 0 Å². The Kier molecular flexibility index (Phi) is 5.13. The van der Waals surface area contributed by atoms with Gasteiger partial charge < -0.3 is 5.32 Å². The normalized spacial score (nSPS) is 12.4. The van der Waals surface area contributed by atoms with Crippen LogP contribution in [-0.2, 0) is 6.54 Å². The standard InChI is InChI=1S/C15H14Br2FN/c1-10(11-4-2-6-13(16)8-11)19-9-12-5-3-7-14(18)15(12)17/h2-8,10,19H,9H2,1H3. The molecule has 1 unspecified atom stereocenters. The maximum Gasteiger partial charge on any atom is 0.137 e. The van der Waals surface area contributed by atoms with E-state index in [0.29, 0.717) is 11.0 Å². The zero-order valence-electron chi connectivity index (χ0n) is 10.5. The fourth-order valence-electron chi connectivity index (χ4n) is 1.84. The van der Waals surface area contributed by atoms with Crippen LogP contribution in [0.2, 0.25) is 0 Å². The Labute approximate surface area is 129 Å². The molecule has 0 aliphatic carbocycles. The molecule has 0 bridgehead atoms. The third-order valence-corrected chi connectivity index (χ3v) is 4.36. The second-order valence-corrected chi connectivity index (χ2v) is 6.08. The van der Waals surface area contributed by atoms with E-state index in [1.165, 1.54) is 11.6 Å². The van der Waals surface area contributed by atoms with Crippen LogP contribution < -0.4 is 5.32 Å². The molecule has 1 N–H and O–H groups in total. The molecule has 0 amide bonds. The molecule has 0 radical (unpaired) electrons. The monoisotopic (exact) mass is 385 g/mol. The lowest BCUT2D eigenvalue weighted by atomic mass is 10.1. The van der Waals surface area contributed by atoms with Crippen molar-refractivity contribution in [1.82, 2.24) is 5.32 Å². The number of nitrogens with one attached hydrogen (secondary N) is 1. The summed E-state index contributed by atoms with van der Waals surface area (Å²) in [5.41, 5.74) is 2.11. The summed E-state index contributed by atoms with van der Waals surface area (Å²) in [5.74, 6) is -0.227. The van der Waals surface area contributed by atoms with Gasteiger partial charge in [-0.15, -0.1) is 0 Å². The molecule has 2 rings (SSSR count). The van der Waals surface area contributed by atoms with E-state index in [-0.39, 0.29) is 11.9 Å². The molecule has 0 aliphatic heterocycles. The van der Waals surface area contributed by atoms with Crippen molar-refractivity contribution in [2.75, 3.05) is 0 Å². The summed E-state index contributed by atoms with van der Waals surface area (Å²) in [6, 6.07) is 13.4. The van der Waals surface area contributed by atoms with E-state index in [0.717, 1.165) is 10.0 Å². The fraction of sp³-hybridized carbons (Fsp3) is 0.200. The first-order chi connectivity index (χ1) is 9.08. The quantitative estimate of drug-likeness (QED) is 0.761. The largest absolute Gasteiger partial charge is 0.306 e. The van der Waals surface area contributed by atoms with Gasteiger partial charge in [-0.05, 0) is 52.2 Å². The van der Waals surface area contributed by atoms with Crippen LogP contribution in [0.1, 0.15) is 24.1 Å².